The van der Waals surface area contributed by atoms with Crippen molar-refractivity contribution in [2.45, 2.75) is 17.3 Å². The van der Waals surface area contributed by atoms with Crippen molar-refractivity contribution >= 4 is 40.7 Å². The molecular formula is C20H19N7O2S2. The van der Waals surface area contributed by atoms with Gasteiger partial charge >= 0.3 is 0 Å². The van der Waals surface area contributed by atoms with Crippen LogP contribution in [0.25, 0.3) is 10.8 Å². The molecule has 0 spiro atoms. The molecule has 1 aromatic carbocycles. The number of morpholine rings is 1. The van der Waals surface area contributed by atoms with Gasteiger partial charge < -0.3 is 19.4 Å². The molecule has 1 fully saturated rings. The summed E-state index contributed by atoms with van der Waals surface area (Å²) in [6.07, 6.45) is 0. The van der Waals surface area contributed by atoms with Crippen LogP contribution in [0, 0.1) is 6.92 Å². The second kappa shape index (κ2) is 9.00. The van der Waals surface area contributed by atoms with Crippen molar-refractivity contribution in [1.29, 1.82) is 0 Å². The third-order valence-corrected chi connectivity index (χ3v) is 6.08. The quantitative estimate of drug-likeness (QED) is 0.460. The fourth-order valence-corrected chi connectivity index (χ4v) is 4.21. The van der Waals surface area contributed by atoms with Gasteiger partial charge in [-0.2, -0.15) is 15.0 Å². The Morgan fingerprint density at radius 2 is 1.87 bits per heavy atom. The minimum atomic E-state index is 0.379. The molecule has 1 saturated heterocycles. The summed E-state index contributed by atoms with van der Waals surface area (Å²) in [6.45, 7) is 4.78. The SMILES string of the molecule is Cc1ccc(Nc2nc(Sc3nnc(-c4cccs4)o3)nc(N3CCOCC3)n2)cc1. The van der Waals surface area contributed by atoms with Crippen LogP contribution in [-0.2, 0) is 4.74 Å². The van der Waals surface area contributed by atoms with Gasteiger partial charge in [0.2, 0.25) is 17.1 Å². The largest absolute Gasteiger partial charge is 0.410 e. The zero-order valence-electron chi connectivity index (χ0n) is 16.7. The molecule has 4 heterocycles. The summed E-state index contributed by atoms with van der Waals surface area (Å²) in [5, 5.41) is 14.3. The molecule has 0 unspecified atom stereocenters. The van der Waals surface area contributed by atoms with Crippen LogP contribution in [0.5, 0.6) is 0 Å². The third kappa shape index (κ3) is 4.84. The number of rotatable bonds is 6. The van der Waals surface area contributed by atoms with Crippen LogP contribution in [0.2, 0.25) is 0 Å². The number of nitrogens with zero attached hydrogens (tertiary/aromatic N) is 6. The lowest BCUT2D eigenvalue weighted by Gasteiger charge is -2.27. The zero-order chi connectivity index (χ0) is 21.0. The summed E-state index contributed by atoms with van der Waals surface area (Å²) >= 11 is 2.76. The van der Waals surface area contributed by atoms with Crippen LogP contribution in [0.3, 0.4) is 0 Å². The molecule has 1 aliphatic heterocycles. The van der Waals surface area contributed by atoms with E-state index in [1.165, 1.54) is 17.3 Å². The van der Waals surface area contributed by atoms with Gasteiger partial charge in [-0.05, 0) is 30.5 Å². The minimum Gasteiger partial charge on any atom is -0.410 e. The lowest BCUT2D eigenvalue weighted by atomic mass is 10.2. The van der Waals surface area contributed by atoms with E-state index in [4.69, 9.17) is 9.15 Å². The number of nitrogens with one attached hydrogen (secondary N) is 1. The van der Waals surface area contributed by atoms with Crippen LogP contribution < -0.4 is 10.2 Å². The van der Waals surface area contributed by atoms with Gasteiger partial charge in [-0.3, -0.25) is 0 Å². The van der Waals surface area contributed by atoms with Gasteiger partial charge in [-0.25, -0.2) is 0 Å². The Hall–Kier alpha value is -3.02. The number of ether oxygens (including phenoxy) is 1. The first-order chi connectivity index (χ1) is 15.2. The number of anilines is 3. The summed E-state index contributed by atoms with van der Waals surface area (Å²) in [7, 11) is 0. The van der Waals surface area contributed by atoms with Crippen molar-refractivity contribution in [1.82, 2.24) is 25.1 Å². The molecule has 1 N–H and O–H groups in total. The van der Waals surface area contributed by atoms with Gasteiger partial charge in [0, 0.05) is 30.5 Å². The molecule has 0 aliphatic carbocycles. The molecule has 5 rings (SSSR count). The van der Waals surface area contributed by atoms with Gasteiger partial charge in [0.05, 0.1) is 18.1 Å². The predicted molar refractivity (Wildman–Crippen MR) is 119 cm³/mol. The fourth-order valence-electron chi connectivity index (χ4n) is 2.95. The van der Waals surface area contributed by atoms with Gasteiger partial charge in [0.1, 0.15) is 0 Å². The summed E-state index contributed by atoms with van der Waals surface area (Å²) in [6, 6.07) is 11.9. The van der Waals surface area contributed by atoms with Gasteiger partial charge in [-0.1, -0.05) is 23.8 Å². The Bertz CT molecular complexity index is 1140. The monoisotopic (exact) mass is 453 g/mol. The highest BCUT2D eigenvalue weighted by Gasteiger charge is 2.19. The summed E-state index contributed by atoms with van der Waals surface area (Å²) in [5.74, 6) is 1.53. The molecular weight excluding hydrogens is 434 g/mol. The molecule has 0 saturated carbocycles. The second-order valence-corrected chi connectivity index (χ2v) is 8.65. The average molecular weight is 454 g/mol. The van der Waals surface area contributed by atoms with E-state index in [0.29, 0.717) is 41.4 Å². The summed E-state index contributed by atoms with van der Waals surface area (Å²) in [5.41, 5.74) is 2.09. The van der Waals surface area contributed by atoms with Gasteiger partial charge in [-0.15, -0.1) is 21.5 Å². The number of aromatic nitrogens is 5. The third-order valence-electron chi connectivity index (χ3n) is 4.52. The predicted octanol–water partition coefficient (Wildman–Crippen LogP) is 4.02. The van der Waals surface area contributed by atoms with Crippen LogP contribution in [0.4, 0.5) is 17.6 Å². The zero-order valence-corrected chi connectivity index (χ0v) is 18.3. The van der Waals surface area contributed by atoms with Crippen LogP contribution in [0.1, 0.15) is 5.56 Å². The van der Waals surface area contributed by atoms with Crippen molar-refractivity contribution in [3.8, 4) is 10.8 Å². The van der Waals surface area contributed by atoms with E-state index >= 15 is 0 Å². The molecule has 0 amide bonds. The highest BCUT2D eigenvalue weighted by molar-refractivity contribution is 7.98. The fraction of sp³-hybridized carbons (Fsp3) is 0.250. The normalized spacial score (nSPS) is 14.0. The highest BCUT2D eigenvalue weighted by Crippen LogP contribution is 2.30. The highest BCUT2D eigenvalue weighted by atomic mass is 32.2. The van der Waals surface area contributed by atoms with E-state index in [9.17, 15) is 0 Å². The first-order valence-corrected chi connectivity index (χ1v) is 11.4. The van der Waals surface area contributed by atoms with Crippen molar-refractivity contribution in [2.75, 3.05) is 36.5 Å². The van der Waals surface area contributed by atoms with Crippen molar-refractivity contribution in [2.24, 2.45) is 0 Å². The maximum Gasteiger partial charge on any atom is 0.284 e. The Labute approximate surface area is 186 Å². The van der Waals surface area contributed by atoms with E-state index < -0.39 is 0 Å². The maximum absolute atomic E-state index is 5.79. The topological polar surface area (TPSA) is 102 Å². The number of hydrogen-bond acceptors (Lipinski definition) is 11. The Kier molecular flexibility index (Phi) is 5.78. The van der Waals surface area contributed by atoms with Crippen LogP contribution in [0.15, 0.2) is 56.6 Å². The molecule has 3 aromatic heterocycles. The molecule has 9 nitrogen and oxygen atoms in total. The lowest BCUT2D eigenvalue weighted by Crippen LogP contribution is -2.37. The average Bonchev–Trinajstić information content (AvgIpc) is 3.48. The number of aryl methyl sites for hydroxylation is 1. The Morgan fingerprint density at radius 1 is 1.03 bits per heavy atom. The van der Waals surface area contributed by atoms with Crippen molar-refractivity contribution in [3.05, 3.63) is 47.3 Å². The second-order valence-electron chi connectivity index (χ2n) is 6.78. The van der Waals surface area contributed by atoms with Crippen LogP contribution in [-0.4, -0.2) is 51.5 Å². The Morgan fingerprint density at radius 3 is 2.65 bits per heavy atom. The molecule has 0 atom stereocenters. The number of benzene rings is 1. The molecule has 0 radical (unpaired) electrons. The van der Waals surface area contributed by atoms with Crippen LogP contribution >= 0.6 is 23.1 Å². The number of thiophene rings is 1. The summed E-state index contributed by atoms with van der Waals surface area (Å²) in [4.78, 5) is 16.8. The first kappa shape index (κ1) is 19.9. The lowest BCUT2D eigenvalue weighted by molar-refractivity contribution is 0.122. The molecule has 31 heavy (non-hydrogen) atoms. The van der Waals surface area contributed by atoms with Crippen molar-refractivity contribution in [3.63, 3.8) is 0 Å². The molecule has 158 valence electrons. The van der Waals surface area contributed by atoms with Gasteiger partial charge in [0.25, 0.3) is 11.1 Å². The molecule has 4 aromatic rings. The minimum absolute atomic E-state index is 0.379. The number of hydrogen-bond donors (Lipinski definition) is 1. The van der Waals surface area contributed by atoms with Crippen molar-refractivity contribution < 1.29 is 9.15 Å². The standard InChI is InChI=1S/C20H19N7O2S2/c1-13-4-6-14(7-5-13)21-17-22-18(27-8-10-28-11-9-27)24-19(23-17)31-20-26-25-16(29-20)15-3-2-12-30-15/h2-7,12H,8-11H2,1H3,(H,21,22,23,24). The molecule has 11 heteroatoms. The van der Waals surface area contributed by atoms with E-state index in [-0.39, 0.29) is 0 Å². The molecule has 0 bridgehead atoms. The maximum atomic E-state index is 5.79. The molecule has 1 aliphatic rings. The van der Waals surface area contributed by atoms with E-state index in [0.717, 1.165) is 23.7 Å². The summed E-state index contributed by atoms with van der Waals surface area (Å²) < 4.78 is 11.2. The smallest absolute Gasteiger partial charge is 0.284 e. The van der Waals surface area contributed by atoms with Gasteiger partial charge in [0.15, 0.2) is 0 Å². The van der Waals surface area contributed by atoms with E-state index in [1.807, 2.05) is 48.7 Å². The first-order valence-electron chi connectivity index (χ1n) is 9.71. The van der Waals surface area contributed by atoms with E-state index in [2.05, 4.69) is 35.4 Å². The Balaban J connectivity index is 1.43. The van der Waals surface area contributed by atoms with E-state index in [1.54, 1.807) is 11.3 Å².